The van der Waals surface area contributed by atoms with Gasteiger partial charge in [0.25, 0.3) is 0 Å². The standard InChI is InChI=1S/C14H18O7/c1-6-11(15)19-14(10(5)18-9-4,20-12(16)7-2)21-13(17)8-3/h6-8,10H,1-3,9H2,4-5H3. The summed E-state index contributed by atoms with van der Waals surface area (Å²) in [5, 5.41) is 0. The molecule has 0 aromatic heterocycles. The highest BCUT2D eigenvalue weighted by molar-refractivity contribution is 5.85. The molecule has 116 valence electrons. The Balaban J connectivity index is 5.64. The van der Waals surface area contributed by atoms with E-state index in [0.29, 0.717) is 0 Å². The Morgan fingerprint density at radius 2 is 1.29 bits per heavy atom. The first-order chi connectivity index (χ1) is 9.84. The number of esters is 3. The van der Waals surface area contributed by atoms with Crippen molar-refractivity contribution in [1.29, 1.82) is 0 Å². The Hall–Kier alpha value is -2.41. The molecule has 0 saturated carbocycles. The highest BCUT2D eigenvalue weighted by Gasteiger charge is 2.49. The zero-order chi connectivity index (χ0) is 16.5. The minimum absolute atomic E-state index is 0.186. The van der Waals surface area contributed by atoms with E-state index >= 15 is 0 Å². The van der Waals surface area contributed by atoms with Crippen molar-refractivity contribution in [1.82, 2.24) is 0 Å². The fraction of sp³-hybridized carbons (Fsp3) is 0.357. The van der Waals surface area contributed by atoms with Crippen LogP contribution in [0.15, 0.2) is 38.0 Å². The highest BCUT2D eigenvalue weighted by Crippen LogP contribution is 2.24. The van der Waals surface area contributed by atoms with Crippen molar-refractivity contribution >= 4 is 17.9 Å². The van der Waals surface area contributed by atoms with Crippen LogP contribution in [0.5, 0.6) is 0 Å². The number of carbonyl (C=O) groups excluding carboxylic acids is 3. The van der Waals surface area contributed by atoms with E-state index in [1.165, 1.54) is 6.92 Å². The smallest absolute Gasteiger partial charge is 0.383 e. The van der Waals surface area contributed by atoms with E-state index < -0.39 is 30.0 Å². The van der Waals surface area contributed by atoms with Gasteiger partial charge in [0.1, 0.15) is 0 Å². The van der Waals surface area contributed by atoms with E-state index in [4.69, 9.17) is 18.9 Å². The average Bonchev–Trinajstić information content (AvgIpc) is 2.46. The van der Waals surface area contributed by atoms with Gasteiger partial charge in [0, 0.05) is 24.8 Å². The lowest BCUT2D eigenvalue weighted by Gasteiger charge is -2.34. The maximum atomic E-state index is 11.4. The molecular formula is C14H18O7. The monoisotopic (exact) mass is 298 g/mol. The van der Waals surface area contributed by atoms with E-state index in [-0.39, 0.29) is 6.61 Å². The molecule has 0 fully saturated rings. The largest absolute Gasteiger partial charge is 0.451 e. The van der Waals surface area contributed by atoms with Crippen molar-refractivity contribution in [2.24, 2.45) is 0 Å². The van der Waals surface area contributed by atoms with E-state index in [0.717, 1.165) is 18.2 Å². The first-order valence-corrected chi connectivity index (χ1v) is 6.03. The lowest BCUT2D eigenvalue weighted by molar-refractivity contribution is -0.360. The summed E-state index contributed by atoms with van der Waals surface area (Å²) in [5.74, 6) is -5.33. The van der Waals surface area contributed by atoms with E-state index in [9.17, 15) is 14.4 Å². The Kier molecular flexibility index (Phi) is 7.70. The summed E-state index contributed by atoms with van der Waals surface area (Å²) in [5.41, 5.74) is 0. The summed E-state index contributed by atoms with van der Waals surface area (Å²) >= 11 is 0. The zero-order valence-electron chi connectivity index (χ0n) is 12.0. The van der Waals surface area contributed by atoms with Crippen LogP contribution in [0.1, 0.15) is 13.8 Å². The molecule has 1 atom stereocenters. The molecule has 1 unspecified atom stereocenters. The molecule has 0 radical (unpaired) electrons. The Bertz CT molecular complexity index is 384. The van der Waals surface area contributed by atoms with Gasteiger partial charge in [0.05, 0.1) is 0 Å². The minimum Gasteiger partial charge on any atom is -0.383 e. The van der Waals surface area contributed by atoms with Crippen molar-refractivity contribution in [2.75, 3.05) is 6.61 Å². The Morgan fingerprint density at radius 1 is 0.952 bits per heavy atom. The van der Waals surface area contributed by atoms with E-state index in [1.54, 1.807) is 6.92 Å². The van der Waals surface area contributed by atoms with Crippen molar-refractivity contribution in [2.45, 2.75) is 25.9 Å². The van der Waals surface area contributed by atoms with Gasteiger partial charge in [-0.2, -0.15) is 0 Å². The third kappa shape index (κ3) is 5.62. The molecule has 0 aromatic carbocycles. The molecule has 0 aliphatic rings. The molecule has 0 aliphatic heterocycles. The Morgan fingerprint density at radius 3 is 1.52 bits per heavy atom. The molecule has 0 saturated heterocycles. The number of hydrogen-bond donors (Lipinski definition) is 0. The van der Waals surface area contributed by atoms with Crippen molar-refractivity contribution in [3.63, 3.8) is 0 Å². The fourth-order valence-electron chi connectivity index (χ4n) is 1.21. The van der Waals surface area contributed by atoms with Crippen molar-refractivity contribution < 1.29 is 33.3 Å². The van der Waals surface area contributed by atoms with Crippen LogP contribution in [-0.2, 0) is 33.3 Å². The molecule has 21 heavy (non-hydrogen) atoms. The van der Waals surface area contributed by atoms with Gasteiger partial charge in [-0.25, -0.2) is 14.4 Å². The maximum absolute atomic E-state index is 11.4. The first kappa shape index (κ1) is 18.6. The molecule has 0 rings (SSSR count). The van der Waals surface area contributed by atoms with Crippen LogP contribution in [0.25, 0.3) is 0 Å². The summed E-state index contributed by atoms with van der Waals surface area (Å²) in [6, 6.07) is 0. The Labute approximate surface area is 122 Å². The molecule has 0 bridgehead atoms. The molecule has 0 heterocycles. The molecule has 7 heteroatoms. The summed E-state index contributed by atoms with van der Waals surface area (Å²) in [6.07, 6.45) is 1.35. The minimum atomic E-state index is -2.40. The van der Waals surface area contributed by atoms with Crippen LogP contribution in [-0.4, -0.2) is 36.6 Å². The van der Waals surface area contributed by atoms with Crippen LogP contribution in [0.3, 0.4) is 0 Å². The lowest BCUT2D eigenvalue weighted by Crippen LogP contribution is -2.53. The number of rotatable bonds is 9. The number of hydrogen-bond acceptors (Lipinski definition) is 7. The van der Waals surface area contributed by atoms with Crippen LogP contribution in [0.4, 0.5) is 0 Å². The topological polar surface area (TPSA) is 88.1 Å². The van der Waals surface area contributed by atoms with Gasteiger partial charge >= 0.3 is 23.9 Å². The average molecular weight is 298 g/mol. The second-order valence-electron chi connectivity index (χ2n) is 3.58. The van der Waals surface area contributed by atoms with Crippen molar-refractivity contribution in [3.05, 3.63) is 38.0 Å². The molecule has 0 aromatic rings. The predicted octanol–water partition coefficient (Wildman–Crippen LogP) is 1.25. The predicted molar refractivity (Wildman–Crippen MR) is 72.7 cm³/mol. The SMILES string of the molecule is C=CC(=O)OC(OC(=O)C=C)(OC(=O)C=C)C(C)OCC. The lowest BCUT2D eigenvalue weighted by atomic mass is 10.3. The van der Waals surface area contributed by atoms with E-state index in [1.807, 2.05) is 0 Å². The summed E-state index contributed by atoms with van der Waals surface area (Å²) in [6.45, 7) is 12.9. The quantitative estimate of drug-likeness (QED) is 0.359. The summed E-state index contributed by atoms with van der Waals surface area (Å²) in [7, 11) is 0. The zero-order valence-corrected chi connectivity index (χ0v) is 12.0. The van der Waals surface area contributed by atoms with Gasteiger partial charge in [-0.05, 0) is 13.8 Å². The van der Waals surface area contributed by atoms with Crippen LogP contribution in [0, 0.1) is 0 Å². The second-order valence-corrected chi connectivity index (χ2v) is 3.58. The molecule has 0 aliphatic carbocycles. The normalized spacial score (nSPS) is 11.7. The van der Waals surface area contributed by atoms with Crippen molar-refractivity contribution in [3.8, 4) is 0 Å². The maximum Gasteiger partial charge on any atom is 0.451 e. The number of carbonyl (C=O) groups is 3. The van der Waals surface area contributed by atoms with Gasteiger partial charge in [0.2, 0.25) is 0 Å². The molecule has 0 amide bonds. The summed E-state index contributed by atoms with van der Waals surface area (Å²) < 4.78 is 19.9. The third-order valence-electron chi connectivity index (χ3n) is 2.14. The molecule has 7 nitrogen and oxygen atoms in total. The first-order valence-electron chi connectivity index (χ1n) is 6.03. The van der Waals surface area contributed by atoms with Gasteiger partial charge in [-0.1, -0.05) is 19.7 Å². The third-order valence-corrected chi connectivity index (χ3v) is 2.14. The number of ether oxygens (including phenoxy) is 4. The molecule has 0 spiro atoms. The summed E-state index contributed by atoms with van der Waals surface area (Å²) in [4.78, 5) is 34.3. The van der Waals surface area contributed by atoms with Gasteiger partial charge in [-0.3, -0.25) is 0 Å². The molecular weight excluding hydrogens is 280 g/mol. The van der Waals surface area contributed by atoms with E-state index in [2.05, 4.69) is 19.7 Å². The highest BCUT2D eigenvalue weighted by atomic mass is 16.9. The van der Waals surface area contributed by atoms with Crippen LogP contribution >= 0.6 is 0 Å². The van der Waals surface area contributed by atoms with Crippen LogP contribution in [0.2, 0.25) is 0 Å². The van der Waals surface area contributed by atoms with Gasteiger partial charge in [-0.15, -0.1) is 0 Å². The van der Waals surface area contributed by atoms with Gasteiger partial charge in [0.15, 0.2) is 6.10 Å². The van der Waals surface area contributed by atoms with Crippen LogP contribution < -0.4 is 0 Å². The fourth-order valence-corrected chi connectivity index (χ4v) is 1.21. The molecule has 0 N–H and O–H groups in total. The van der Waals surface area contributed by atoms with Gasteiger partial charge < -0.3 is 18.9 Å². The second kappa shape index (κ2) is 8.70.